The summed E-state index contributed by atoms with van der Waals surface area (Å²) in [5.41, 5.74) is 0. The van der Waals surface area contributed by atoms with Crippen molar-refractivity contribution in [2.75, 3.05) is 39.9 Å². The first kappa shape index (κ1) is 18.0. The van der Waals surface area contributed by atoms with E-state index in [0.717, 1.165) is 38.7 Å². The van der Waals surface area contributed by atoms with Gasteiger partial charge in [-0.15, -0.1) is 24.0 Å². The molecule has 0 radical (unpaired) electrons. The Morgan fingerprint density at radius 1 is 1.44 bits per heavy atom. The maximum absolute atomic E-state index is 5.23. The van der Waals surface area contributed by atoms with Crippen molar-refractivity contribution in [1.82, 2.24) is 10.2 Å². The average Bonchev–Trinajstić information content (AvgIpc) is 2.77. The smallest absolute Gasteiger partial charge is 0.193 e. The molecule has 0 aliphatic carbocycles. The van der Waals surface area contributed by atoms with Gasteiger partial charge in [-0.2, -0.15) is 0 Å². The second kappa shape index (κ2) is 10.8. The Kier molecular flexibility index (Phi) is 10.8. The third kappa shape index (κ3) is 6.22. The predicted octanol–water partition coefficient (Wildman–Crippen LogP) is 2.34. The van der Waals surface area contributed by atoms with Crippen LogP contribution in [0.1, 0.15) is 33.1 Å². The number of methoxy groups -OCH3 is 1. The second-order valence-corrected chi connectivity index (χ2v) is 4.65. The number of nitrogens with one attached hydrogen (secondary N) is 1. The van der Waals surface area contributed by atoms with Crippen LogP contribution in [-0.4, -0.2) is 50.8 Å². The van der Waals surface area contributed by atoms with Gasteiger partial charge in [0.25, 0.3) is 0 Å². The normalized spacial score (nSPS) is 19.8. The van der Waals surface area contributed by atoms with Gasteiger partial charge in [0.15, 0.2) is 5.96 Å². The lowest BCUT2D eigenvalue weighted by molar-refractivity contribution is 0.157. The van der Waals surface area contributed by atoms with Gasteiger partial charge in [-0.05, 0) is 19.8 Å². The highest BCUT2D eigenvalue weighted by Crippen LogP contribution is 2.16. The number of halogens is 1. The molecule has 1 unspecified atom stereocenters. The summed E-state index contributed by atoms with van der Waals surface area (Å²) >= 11 is 0. The highest BCUT2D eigenvalue weighted by Gasteiger charge is 2.24. The summed E-state index contributed by atoms with van der Waals surface area (Å²) in [5.74, 6) is 1.74. The SMILES string of the molecule is CCCCN=C(NCC)N1CCC(COC)C1.I. The van der Waals surface area contributed by atoms with E-state index in [2.05, 4.69) is 29.1 Å². The minimum absolute atomic E-state index is 0. The topological polar surface area (TPSA) is 36.9 Å². The molecule has 108 valence electrons. The molecule has 1 saturated heterocycles. The quantitative estimate of drug-likeness (QED) is 0.338. The Balaban J connectivity index is 0.00000289. The number of ether oxygens (including phenoxy) is 1. The molecule has 4 nitrogen and oxygen atoms in total. The van der Waals surface area contributed by atoms with E-state index in [1.807, 2.05) is 0 Å². The summed E-state index contributed by atoms with van der Waals surface area (Å²) in [7, 11) is 1.78. The van der Waals surface area contributed by atoms with Crippen molar-refractivity contribution in [2.24, 2.45) is 10.9 Å². The van der Waals surface area contributed by atoms with Crippen LogP contribution in [0.5, 0.6) is 0 Å². The maximum Gasteiger partial charge on any atom is 0.193 e. The van der Waals surface area contributed by atoms with Gasteiger partial charge < -0.3 is 15.0 Å². The lowest BCUT2D eigenvalue weighted by Crippen LogP contribution is -2.40. The molecule has 0 aromatic carbocycles. The zero-order valence-electron chi connectivity index (χ0n) is 11.9. The molecule has 5 heteroatoms. The van der Waals surface area contributed by atoms with Gasteiger partial charge in [0.05, 0.1) is 6.61 Å². The Labute approximate surface area is 129 Å². The molecule has 1 rings (SSSR count). The van der Waals surface area contributed by atoms with E-state index in [0.29, 0.717) is 5.92 Å². The average molecular weight is 369 g/mol. The molecular weight excluding hydrogens is 341 g/mol. The molecule has 1 fully saturated rings. The molecule has 0 bridgehead atoms. The number of rotatable bonds is 6. The molecule has 1 N–H and O–H groups in total. The van der Waals surface area contributed by atoms with Crippen molar-refractivity contribution < 1.29 is 4.74 Å². The van der Waals surface area contributed by atoms with Crippen LogP contribution >= 0.6 is 24.0 Å². The number of nitrogens with zero attached hydrogens (tertiary/aromatic N) is 2. The number of guanidine groups is 1. The zero-order chi connectivity index (χ0) is 12.5. The van der Waals surface area contributed by atoms with E-state index < -0.39 is 0 Å². The van der Waals surface area contributed by atoms with Crippen molar-refractivity contribution >= 4 is 29.9 Å². The van der Waals surface area contributed by atoms with Crippen molar-refractivity contribution in [3.8, 4) is 0 Å². The number of hydrogen-bond acceptors (Lipinski definition) is 2. The van der Waals surface area contributed by atoms with Crippen LogP contribution in [0.4, 0.5) is 0 Å². The van der Waals surface area contributed by atoms with E-state index in [4.69, 9.17) is 4.74 Å². The van der Waals surface area contributed by atoms with Crippen molar-refractivity contribution in [3.63, 3.8) is 0 Å². The summed E-state index contributed by atoms with van der Waals surface area (Å²) < 4.78 is 5.23. The van der Waals surface area contributed by atoms with Crippen molar-refractivity contribution in [1.29, 1.82) is 0 Å². The lowest BCUT2D eigenvalue weighted by atomic mass is 10.1. The first-order chi connectivity index (χ1) is 8.31. The van der Waals surface area contributed by atoms with Gasteiger partial charge >= 0.3 is 0 Å². The second-order valence-electron chi connectivity index (χ2n) is 4.65. The van der Waals surface area contributed by atoms with Crippen LogP contribution in [0, 0.1) is 5.92 Å². The molecule has 0 amide bonds. The van der Waals surface area contributed by atoms with Crippen LogP contribution in [0.25, 0.3) is 0 Å². The third-order valence-electron chi connectivity index (χ3n) is 3.10. The van der Waals surface area contributed by atoms with E-state index in [1.165, 1.54) is 19.3 Å². The number of unbranched alkanes of at least 4 members (excludes halogenated alkanes) is 1. The fourth-order valence-corrected chi connectivity index (χ4v) is 2.17. The van der Waals surface area contributed by atoms with E-state index in [1.54, 1.807) is 7.11 Å². The van der Waals surface area contributed by atoms with Crippen LogP contribution in [0.15, 0.2) is 4.99 Å². The van der Waals surface area contributed by atoms with E-state index in [-0.39, 0.29) is 24.0 Å². The van der Waals surface area contributed by atoms with E-state index in [9.17, 15) is 0 Å². The predicted molar refractivity (Wildman–Crippen MR) is 87.9 cm³/mol. The molecule has 18 heavy (non-hydrogen) atoms. The van der Waals surface area contributed by atoms with Crippen LogP contribution in [-0.2, 0) is 4.74 Å². The molecule has 0 aromatic rings. The Morgan fingerprint density at radius 2 is 2.22 bits per heavy atom. The van der Waals surface area contributed by atoms with Gasteiger partial charge in [0, 0.05) is 39.2 Å². The fraction of sp³-hybridized carbons (Fsp3) is 0.923. The summed E-state index contributed by atoms with van der Waals surface area (Å²) in [6, 6.07) is 0. The molecule has 1 aliphatic rings. The van der Waals surface area contributed by atoms with Gasteiger partial charge in [-0.25, -0.2) is 0 Å². The van der Waals surface area contributed by atoms with Gasteiger partial charge in [-0.3, -0.25) is 4.99 Å². The Bertz CT molecular complexity index is 236. The summed E-state index contributed by atoms with van der Waals surface area (Å²) in [5, 5.41) is 3.38. The molecular formula is C13H28IN3O. The molecule has 1 aliphatic heterocycles. The monoisotopic (exact) mass is 369 g/mol. The van der Waals surface area contributed by atoms with Crippen LogP contribution in [0.3, 0.4) is 0 Å². The van der Waals surface area contributed by atoms with Crippen LogP contribution in [0.2, 0.25) is 0 Å². The van der Waals surface area contributed by atoms with Gasteiger partial charge in [0.1, 0.15) is 0 Å². The fourth-order valence-electron chi connectivity index (χ4n) is 2.17. The highest BCUT2D eigenvalue weighted by atomic mass is 127. The highest BCUT2D eigenvalue weighted by molar-refractivity contribution is 14.0. The molecule has 0 saturated carbocycles. The first-order valence-corrected chi connectivity index (χ1v) is 6.84. The zero-order valence-corrected chi connectivity index (χ0v) is 14.3. The molecule has 1 heterocycles. The van der Waals surface area contributed by atoms with Gasteiger partial charge in [-0.1, -0.05) is 13.3 Å². The Morgan fingerprint density at radius 3 is 2.83 bits per heavy atom. The van der Waals surface area contributed by atoms with Crippen molar-refractivity contribution in [2.45, 2.75) is 33.1 Å². The largest absolute Gasteiger partial charge is 0.384 e. The summed E-state index contributed by atoms with van der Waals surface area (Å²) in [6.45, 7) is 9.24. The Hall–Kier alpha value is -0.0400. The summed E-state index contributed by atoms with van der Waals surface area (Å²) in [4.78, 5) is 7.03. The third-order valence-corrected chi connectivity index (χ3v) is 3.10. The first-order valence-electron chi connectivity index (χ1n) is 6.84. The lowest BCUT2D eigenvalue weighted by Gasteiger charge is -2.21. The summed E-state index contributed by atoms with van der Waals surface area (Å²) in [6.07, 6.45) is 3.59. The molecule has 0 aromatic heterocycles. The molecule has 1 atom stereocenters. The molecule has 0 spiro atoms. The maximum atomic E-state index is 5.23. The van der Waals surface area contributed by atoms with Gasteiger partial charge in [0.2, 0.25) is 0 Å². The minimum atomic E-state index is 0. The number of likely N-dealkylation sites (tertiary alicyclic amines) is 1. The number of aliphatic imine (C=N–C) groups is 1. The van der Waals surface area contributed by atoms with Crippen molar-refractivity contribution in [3.05, 3.63) is 0 Å². The van der Waals surface area contributed by atoms with E-state index >= 15 is 0 Å². The minimum Gasteiger partial charge on any atom is -0.384 e. The number of hydrogen-bond donors (Lipinski definition) is 1. The standard InChI is InChI=1S/C13H27N3O.HI/c1-4-6-8-15-13(14-5-2)16-9-7-12(10-16)11-17-3;/h12H,4-11H2,1-3H3,(H,14,15);1H. The van der Waals surface area contributed by atoms with Crippen LogP contribution < -0.4 is 5.32 Å².